The van der Waals surface area contributed by atoms with Crippen LogP contribution in [0.25, 0.3) is 11.4 Å². The average Bonchev–Trinajstić information content (AvgIpc) is 3.24. The third kappa shape index (κ3) is 3.66. The summed E-state index contributed by atoms with van der Waals surface area (Å²) in [6.07, 6.45) is 2.33. The van der Waals surface area contributed by atoms with Crippen molar-refractivity contribution in [3.63, 3.8) is 0 Å². The van der Waals surface area contributed by atoms with Gasteiger partial charge in [0.25, 0.3) is 0 Å². The third-order valence-electron chi connectivity index (χ3n) is 4.06. The summed E-state index contributed by atoms with van der Waals surface area (Å²) < 4.78 is 2.21. The lowest BCUT2D eigenvalue weighted by atomic mass is 9.92. The maximum atomic E-state index is 12.2. The second-order valence-corrected chi connectivity index (χ2v) is 8.18. The highest BCUT2D eigenvalue weighted by Gasteiger charge is 2.31. The van der Waals surface area contributed by atoms with Crippen molar-refractivity contribution >= 4 is 17.5 Å². The maximum absolute atomic E-state index is 12.2. The van der Waals surface area contributed by atoms with Crippen LogP contribution in [0.1, 0.15) is 45.2 Å². The van der Waals surface area contributed by atoms with E-state index in [2.05, 4.69) is 46.0 Å². The predicted molar refractivity (Wildman–Crippen MR) is 93.7 cm³/mol. The fourth-order valence-electron chi connectivity index (χ4n) is 2.28. The van der Waals surface area contributed by atoms with Crippen LogP contribution >= 0.6 is 11.8 Å². The van der Waals surface area contributed by atoms with Gasteiger partial charge in [0.2, 0.25) is 0 Å². The first-order chi connectivity index (χ1) is 10.9. The average molecular weight is 329 g/mol. The molecule has 0 atom stereocenters. The number of hydrogen-bond donors (Lipinski definition) is 0. The van der Waals surface area contributed by atoms with Crippen molar-refractivity contribution < 1.29 is 4.79 Å². The molecule has 122 valence electrons. The van der Waals surface area contributed by atoms with Gasteiger partial charge in [0.05, 0.1) is 5.75 Å². The van der Waals surface area contributed by atoms with Gasteiger partial charge in [-0.15, -0.1) is 10.2 Å². The summed E-state index contributed by atoms with van der Waals surface area (Å²) in [5, 5.41) is 9.61. The number of aryl methyl sites for hydroxylation is 1. The van der Waals surface area contributed by atoms with Crippen molar-refractivity contribution in [1.82, 2.24) is 14.8 Å². The van der Waals surface area contributed by atoms with E-state index < -0.39 is 0 Å². The number of thioether (sulfide) groups is 1. The molecule has 4 nitrogen and oxygen atoms in total. The lowest BCUT2D eigenvalue weighted by Gasteiger charge is -2.16. The molecule has 1 aromatic heterocycles. The SMILES string of the molecule is Cc1ccc(-c2nnc(SCC(=O)C(C)(C)C)n2C2CC2)cc1. The van der Waals surface area contributed by atoms with Crippen LogP contribution in [0.15, 0.2) is 29.4 Å². The zero-order valence-electron chi connectivity index (χ0n) is 14.2. The van der Waals surface area contributed by atoms with Crippen molar-refractivity contribution in [2.24, 2.45) is 5.41 Å². The molecule has 0 amide bonds. The summed E-state index contributed by atoms with van der Waals surface area (Å²) in [5.74, 6) is 1.60. The predicted octanol–water partition coefficient (Wildman–Crippen LogP) is 4.30. The molecule has 5 heteroatoms. The molecule has 2 aromatic rings. The van der Waals surface area contributed by atoms with Gasteiger partial charge in [-0.05, 0) is 19.8 Å². The van der Waals surface area contributed by atoms with Gasteiger partial charge in [0.1, 0.15) is 5.78 Å². The monoisotopic (exact) mass is 329 g/mol. The number of carbonyl (C=O) groups excluding carboxylic acids is 1. The normalized spacial score (nSPS) is 15.0. The number of hydrogen-bond acceptors (Lipinski definition) is 4. The second-order valence-electron chi connectivity index (χ2n) is 7.24. The smallest absolute Gasteiger partial charge is 0.192 e. The molecule has 0 aliphatic heterocycles. The zero-order chi connectivity index (χ0) is 16.6. The second kappa shape index (κ2) is 6.11. The Labute approximate surface area is 141 Å². The highest BCUT2D eigenvalue weighted by Crippen LogP contribution is 2.41. The summed E-state index contributed by atoms with van der Waals surface area (Å²) in [7, 11) is 0. The van der Waals surface area contributed by atoms with E-state index in [1.54, 1.807) is 0 Å². The summed E-state index contributed by atoms with van der Waals surface area (Å²) in [4.78, 5) is 12.2. The first-order valence-electron chi connectivity index (χ1n) is 8.04. The molecule has 1 aliphatic carbocycles. The number of benzene rings is 1. The summed E-state index contributed by atoms with van der Waals surface area (Å²) >= 11 is 1.51. The van der Waals surface area contributed by atoms with E-state index in [1.807, 2.05) is 20.8 Å². The van der Waals surface area contributed by atoms with Gasteiger partial charge in [0, 0.05) is 17.0 Å². The molecular weight excluding hydrogens is 306 g/mol. The summed E-state index contributed by atoms with van der Waals surface area (Å²) in [6.45, 7) is 7.95. The van der Waals surface area contributed by atoms with Crippen molar-refractivity contribution in [3.8, 4) is 11.4 Å². The summed E-state index contributed by atoms with van der Waals surface area (Å²) in [5.41, 5.74) is 2.01. The van der Waals surface area contributed by atoms with Crippen LogP contribution in [-0.2, 0) is 4.79 Å². The lowest BCUT2D eigenvalue weighted by Crippen LogP contribution is -2.22. The summed E-state index contributed by atoms with van der Waals surface area (Å²) in [6, 6.07) is 8.85. The molecule has 23 heavy (non-hydrogen) atoms. The number of nitrogens with zero attached hydrogens (tertiary/aromatic N) is 3. The Balaban J connectivity index is 1.85. The lowest BCUT2D eigenvalue weighted by molar-refractivity contribution is -0.123. The topological polar surface area (TPSA) is 47.8 Å². The Morgan fingerprint density at radius 1 is 1.22 bits per heavy atom. The van der Waals surface area contributed by atoms with Crippen LogP contribution in [0.5, 0.6) is 0 Å². The number of aromatic nitrogens is 3. The van der Waals surface area contributed by atoms with E-state index in [9.17, 15) is 4.79 Å². The number of carbonyl (C=O) groups is 1. The molecular formula is C18H23N3OS. The Hall–Kier alpha value is -1.62. The quantitative estimate of drug-likeness (QED) is 0.768. The molecule has 1 saturated carbocycles. The fourth-order valence-corrected chi connectivity index (χ4v) is 3.45. The van der Waals surface area contributed by atoms with Crippen LogP contribution in [-0.4, -0.2) is 26.3 Å². The third-order valence-corrected chi connectivity index (χ3v) is 5.00. The molecule has 1 heterocycles. The van der Waals surface area contributed by atoms with Crippen molar-refractivity contribution in [3.05, 3.63) is 29.8 Å². The Kier molecular flexibility index (Phi) is 4.32. The maximum Gasteiger partial charge on any atom is 0.192 e. The molecule has 1 fully saturated rings. The molecule has 3 rings (SSSR count). The first kappa shape index (κ1) is 16.2. The van der Waals surface area contributed by atoms with Crippen LogP contribution in [0.3, 0.4) is 0 Å². The van der Waals surface area contributed by atoms with Crippen molar-refractivity contribution in [2.45, 2.75) is 51.7 Å². The van der Waals surface area contributed by atoms with Gasteiger partial charge >= 0.3 is 0 Å². The minimum Gasteiger partial charge on any atom is -0.299 e. The molecule has 0 unspecified atom stereocenters. The fraction of sp³-hybridized carbons (Fsp3) is 0.500. The molecule has 1 aromatic carbocycles. The van der Waals surface area contributed by atoms with Gasteiger partial charge in [-0.2, -0.15) is 0 Å². The van der Waals surface area contributed by atoms with E-state index in [1.165, 1.54) is 17.3 Å². The van der Waals surface area contributed by atoms with Gasteiger partial charge in [-0.25, -0.2) is 0 Å². The Bertz CT molecular complexity index is 709. The number of ketones is 1. The number of Topliss-reactive ketones (excluding diaryl/α,β-unsaturated/α-hetero) is 1. The van der Waals surface area contributed by atoms with Crippen LogP contribution in [0.2, 0.25) is 0 Å². The van der Waals surface area contributed by atoms with Crippen LogP contribution in [0, 0.1) is 12.3 Å². The van der Waals surface area contributed by atoms with Gasteiger partial charge < -0.3 is 0 Å². The van der Waals surface area contributed by atoms with Crippen molar-refractivity contribution in [2.75, 3.05) is 5.75 Å². The van der Waals surface area contributed by atoms with E-state index in [0.29, 0.717) is 11.8 Å². The van der Waals surface area contributed by atoms with Crippen molar-refractivity contribution in [1.29, 1.82) is 0 Å². The largest absolute Gasteiger partial charge is 0.299 e. The molecule has 0 radical (unpaired) electrons. The number of rotatable bonds is 5. The van der Waals surface area contributed by atoms with Gasteiger partial charge in [0.15, 0.2) is 11.0 Å². The van der Waals surface area contributed by atoms with Crippen LogP contribution in [0.4, 0.5) is 0 Å². The first-order valence-corrected chi connectivity index (χ1v) is 9.03. The minimum absolute atomic E-state index is 0.240. The zero-order valence-corrected chi connectivity index (χ0v) is 15.0. The molecule has 0 spiro atoms. The molecule has 0 saturated heterocycles. The van der Waals surface area contributed by atoms with E-state index >= 15 is 0 Å². The van der Waals surface area contributed by atoms with E-state index in [0.717, 1.165) is 29.4 Å². The highest BCUT2D eigenvalue weighted by atomic mass is 32.2. The van der Waals surface area contributed by atoms with Gasteiger partial charge in [-0.3, -0.25) is 9.36 Å². The Morgan fingerprint density at radius 2 is 1.87 bits per heavy atom. The standard InChI is InChI=1S/C18H23N3OS/c1-12-5-7-13(8-6-12)16-19-20-17(21(16)14-9-10-14)23-11-15(22)18(2,3)4/h5-8,14H,9-11H2,1-4H3. The highest BCUT2D eigenvalue weighted by molar-refractivity contribution is 7.99. The van der Waals surface area contributed by atoms with E-state index in [4.69, 9.17) is 0 Å². The van der Waals surface area contributed by atoms with Gasteiger partial charge in [-0.1, -0.05) is 62.4 Å². The molecule has 0 N–H and O–H groups in total. The molecule has 0 bridgehead atoms. The van der Waals surface area contributed by atoms with Crippen LogP contribution < -0.4 is 0 Å². The minimum atomic E-state index is -0.308. The molecule has 1 aliphatic rings. The Morgan fingerprint density at radius 3 is 2.43 bits per heavy atom. The van der Waals surface area contributed by atoms with E-state index in [-0.39, 0.29) is 11.2 Å².